The second-order valence-electron chi connectivity index (χ2n) is 3.17. The Hall–Kier alpha value is -0.960. The highest BCUT2D eigenvalue weighted by atomic mass is 32.2. The normalized spacial score (nSPS) is 11.0. The van der Waals surface area contributed by atoms with Gasteiger partial charge in [-0.3, -0.25) is 5.10 Å². The third-order valence-electron chi connectivity index (χ3n) is 2.27. The van der Waals surface area contributed by atoms with Gasteiger partial charge in [0.25, 0.3) is 0 Å². The quantitative estimate of drug-likeness (QED) is 0.781. The molecule has 0 fully saturated rings. The predicted octanol–water partition coefficient (Wildman–Crippen LogP) is 3.24. The van der Waals surface area contributed by atoms with Gasteiger partial charge in [-0.25, -0.2) is 0 Å². The third kappa shape index (κ3) is 1.64. The SMILES string of the molecule is CCSc1ccc2c(CC)[nH]nc2c1. The summed E-state index contributed by atoms with van der Waals surface area (Å²) in [5.41, 5.74) is 2.31. The fourth-order valence-corrected chi connectivity index (χ4v) is 2.27. The molecule has 1 aromatic carbocycles. The molecule has 0 atom stereocenters. The van der Waals surface area contributed by atoms with Crippen LogP contribution in [-0.4, -0.2) is 16.0 Å². The smallest absolute Gasteiger partial charge is 0.0934 e. The molecule has 2 aromatic rings. The van der Waals surface area contributed by atoms with Gasteiger partial charge in [0.1, 0.15) is 0 Å². The van der Waals surface area contributed by atoms with Crippen molar-refractivity contribution < 1.29 is 0 Å². The van der Waals surface area contributed by atoms with Gasteiger partial charge in [-0.1, -0.05) is 13.8 Å². The Bertz CT molecular complexity index is 434. The topological polar surface area (TPSA) is 28.7 Å². The lowest BCUT2D eigenvalue weighted by atomic mass is 10.2. The number of aryl methyl sites for hydroxylation is 1. The number of thioether (sulfide) groups is 1. The number of nitrogens with zero attached hydrogens (tertiary/aromatic N) is 1. The molecule has 14 heavy (non-hydrogen) atoms. The van der Waals surface area contributed by atoms with Gasteiger partial charge in [0.15, 0.2) is 0 Å². The standard InChI is InChI=1S/C11H14N2S/c1-3-10-9-6-5-8(14-4-2)7-11(9)13-12-10/h5-7H,3-4H2,1-2H3,(H,12,13). The maximum absolute atomic E-state index is 4.29. The summed E-state index contributed by atoms with van der Waals surface area (Å²) in [6.07, 6.45) is 1.01. The number of aromatic amines is 1. The molecule has 1 aromatic heterocycles. The van der Waals surface area contributed by atoms with Crippen LogP contribution in [0.3, 0.4) is 0 Å². The van der Waals surface area contributed by atoms with Crippen LogP contribution in [0.1, 0.15) is 19.5 Å². The summed E-state index contributed by atoms with van der Waals surface area (Å²) in [4.78, 5) is 1.30. The molecule has 0 unspecified atom stereocenters. The van der Waals surface area contributed by atoms with Gasteiger partial charge in [-0.2, -0.15) is 5.10 Å². The Labute approximate surface area is 88.1 Å². The second-order valence-corrected chi connectivity index (χ2v) is 4.51. The lowest BCUT2D eigenvalue weighted by molar-refractivity contribution is 0.988. The van der Waals surface area contributed by atoms with Crippen LogP contribution in [0.25, 0.3) is 10.9 Å². The van der Waals surface area contributed by atoms with Gasteiger partial charge in [0.2, 0.25) is 0 Å². The van der Waals surface area contributed by atoms with Gasteiger partial charge in [-0.15, -0.1) is 11.8 Å². The first-order valence-corrected chi connectivity index (χ1v) is 5.93. The minimum Gasteiger partial charge on any atom is -0.281 e. The monoisotopic (exact) mass is 206 g/mol. The molecule has 1 N–H and O–H groups in total. The van der Waals surface area contributed by atoms with Crippen molar-refractivity contribution in [1.82, 2.24) is 10.2 Å². The second kappa shape index (κ2) is 4.05. The summed E-state index contributed by atoms with van der Waals surface area (Å²) in [5, 5.41) is 8.62. The van der Waals surface area contributed by atoms with Crippen LogP contribution in [0.4, 0.5) is 0 Å². The molecule has 0 spiro atoms. The highest BCUT2D eigenvalue weighted by molar-refractivity contribution is 7.99. The van der Waals surface area contributed by atoms with Crippen molar-refractivity contribution in [2.45, 2.75) is 25.2 Å². The number of rotatable bonds is 3. The number of fused-ring (bicyclic) bond motifs is 1. The fraction of sp³-hybridized carbons (Fsp3) is 0.364. The first-order valence-electron chi connectivity index (χ1n) is 4.95. The van der Waals surface area contributed by atoms with Crippen molar-refractivity contribution in [2.24, 2.45) is 0 Å². The summed E-state index contributed by atoms with van der Waals surface area (Å²) in [5.74, 6) is 1.11. The number of H-pyrrole nitrogens is 1. The zero-order chi connectivity index (χ0) is 9.97. The van der Waals surface area contributed by atoms with E-state index in [1.807, 2.05) is 11.8 Å². The Morgan fingerprint density at radius 1 is 1.36 bits per heavy atom. The van der Waals surface area contributed by atoms with Crippen molar-refractivity contribution in [3.63, 3.8) is 0 Å². The number of aromatic nitrogens is 2. The number of hydrogen-bond acceptors (Lipinski definition) is 2. The van der Waals surface area contributed by atoms with E-state index in [-0.39, 0.29) is 0 Å². The molecule has 0 saturated heterocycles. The minimum absolute atomic E-state index is 1.01. The summed E-state index contributed by atoms with van der Waals surface area (Å²) in [6, 6.07) is 6.49. The lowest BCUT2D eigenvalue weighted by Crippen LogP contribution is -1.79. The Kier molecular flexibility index (Phi) is 2.77. The molecule has 0 saturated carbocycles. The van der Waals surface area contributed by atoms with E-state index in [1.54, 1.807) is 0 Å². The average Bonchev–Trinajstić information content (AvgIpc) is 2.60. The molecule has 0 radical (unpaired) electrons. The molecule has 74 valence electrons. The maximum atomic E-state index is 4.29. The molecule has 3 heteroatoms. The van der Waals surface area contributed by atoms with Crippen LogP contribution in [0, 0.1) is 0 Å². The molecule has 2 rings (SSSR count). The van der Waals surface area contributed by atoms with Crippen LogP contribution >= 0.6 is 11.8 Å². The van der Waals surface area contributed by atoms with E-state index in [9.17, 15) is 0 Å². The summed E-state index contributed by atoms with van der Waals surface area (Å²) in [7, 11) is 0. The number of benzene rings is 1. The van der Waals surface area contributed by atoms with Crippen LogP contribution in [0.15, 0.2) is 23.1 Å². The Morgan fingerprint density at radius 3 is 2.93 bits per heavy atom. The summed E-state index contributed by atoms with van der Waals surface area (Å²) >= 11 is 1.85. The van der Waals surface area contributed by atoms with Crippen LogP contribution in [0.5, 0.6) is 0 Å². The van der Waals surface area contributed by atoms with Gasteiger partial charge >= 0.3 is 0 Å². The fourth-order valence-electron chi connectivity index (χ4n) is 1.57. The highest BCUT2D eigenvalue weighted by Crippen LogP contribution is 2.24. The molecular weight excluding hydrogens is 192 g/mol. The summed E-state index contributed by atoms with van der Waals surface area (Å²) in [6.45, 7) is 4.30. The first-order chi connectivity index (χ1) is 6.85. The van der Waals surface area contributed by atoms with E-state index in [2.05, 4.69) is 42.2 Å². The highest BCUT2D eigenvalue weighted by Gasteiger charge is 2.03. The van der Waals surface area contributed by atoms with Crippen molar-refractivity contribution >= 4 is 22.7 Å². The van der Waals surface area contributed by atoms with E-state index >= 15 is 0 Å². The molecule has 0 amide bonds. The number of hydrogen-bond donors (Lipinski definition) is 1. The van der Waals surface area contributed by atoms with E-state index in [4.69, 9.17) is 0 Å². The van der Waals surface area contributed by atoms with Crippen molar-refractivity contribution in [3.05, 3.63) is 23.9 Å². The van der Waals surface area contributed by atoms with E-state index in [0.717, 1.165) is 17.7 Å². The van der Waals surface area contributed by atoms with Gasteiger partial charge in [-0.05, 0) is 30.4 Å². The van der Waals surface area contributed by atoms with Crippen molar-refractivity contribution in [3.8, 4) is 0 Å². The van der Waals surface area contributed by atoms with Crippen LogP contribution < -0.4 is 0 Å². The van der Waals surface area contributed by atoms with Crippen molar-refractivity contribution in [2.75, 3.05) is 5.75 Å². The molecule has 2 nitrogen and oxygen atoms in total. The van der Waals surface area contributed by atoms with Crippen LogP contribution in [-0.2, 0) is 6.42 Å². The summed E-state index contributed by atoms with van der Waals surface area (Å²) < 4.78 is 0. The van der Waals surface area contributed by atoms with Gasteiger partial charge in [0, 0.05) is 16.0 Å². The third-order valence-corrected chi connectivity index (χ3v) is 3.15. The first kappa shape index (κ1) is 9.59. The predicted molar refractivity (Wildman–Crippen MR) is 61.9 cm³/mol. The molecular formula is C11H14N2S. The maximum Gasteiger partial charge on any atom is 0.0934 e. The van der Waals surface area contributed by atoms with E-state index in [1.165, 1.54) is 16.0 Å². The zero-order valence-corrected chi connectivity index (χ0v) is 9.32. The molecule has 0 aliphatic heterocycles. The minimum atomic E-state index is 1.01. The molecule has 0 aliphatic rings. The number of nitrogens with one attached hydrogen (secondary N) is 1. The van der Waals surface area contributed by atoms with Gasteiger partial charge < -0.3 is 0 Å². The Morgan fingerprint density at radius 2 is 2.21 bits per heavy atom. The van der Waals surface area contributed by atoms with Gasteiger partial charge in [0.05, 0.1) is 5.52 Å². The van der Waals surface area contributed by atoms with E-state index < -0.39 is 0 Å². The molecule has 0 bridgehead atoms. The zero-order valence-electron chi connectivity index (χ0n) is 8.50. The molecule has 0 aliphatic carbocycles. The van der Waals surface area contributed by atoms with Crippen molar-refractivity contribution in [1.29, 1.82) is 0 Å². The average molecular weight is 206 g/mol. The van der Waals surface area contributed by atoms with E-state index in [0.29, 0.717) is 0 Å². The lowest BCUT2D eigenvalue weighted by Gasteiger charge is -1.97. The largest absolute Gasteiger partial charge is 0.281 e. The Balaban J connectivity index is 2.46. The molecule has 1 heterocycles. The van der Waals surface area contributed by atoms with Crippen LogP contribution in [0.2, 0.25) is 0 Å².